The van der Waals surface area contributed by atoms with Gasteiger partial charge in [0.15, 0.2) is 0 Å². The van der Waals surface area contributed by atoms with Crippen molar-refractivity contribution in [1.29, 1.82) is 0 Å². The Bertz CT molecular complexity index is 875. The molecule has 2 unspecified atom stereocenters. The van der Waals surface area contributed by atoms with Gasteiger partial charge in [-0.25, -0.2) is 9.78 Å². The van der Waals surface area contributed by atoms with Crippen molar-refractivity contribution in [1.82, 2.24) is 9.97 Å². The summed E-state index contributed by atoms with van der Waals surface area (Å²) < 4.78 is 6.86. The van der Waals surface area contributed by atoms with Gasteiger partial charge >= 0.3 is 5.97 Å². The van der Waals surface area contributed by atoms with Crippen molar-refractivity contribution in [2.24, 2.45) is 0 Å². The molecule has 1 aromatic carbocycles. The van der Waals surface area contributed by atoms with E-state index >= 15 is 0 Å². The summed E-state index contributed by atoms with van der Waals surface area (Å²) in [4.78, 5) is 21.2. The number of ether oxygens (including phenoxy) is 1. The molecule has 4 nitrogen and oxygen atoms in total. The summed E-state index contributed by atoms with van der Waals surface area (Å²) >= 11 is 1.60. The summed E-state index contributed by atoms with van der Waals surface area (Å²) in [6.45, 7) is 1.97. The van der Waals surface area contributed by atoms with E-state index < -0.39 is 0 Å². The maximum Gasteiger partial charge on any atom is 0.338 e. The summed E-state index contributed by atoms with van der Waals surface area (Å²) in [7, 11) is 0. The fourth-order valence-corrected chi connectivity index (χ4v) is 4.28. The van der Waals surface area contributed by atoms with Crippen LogP contribution in [0.1, 0.15) is 46.1 Å². The predicted octanol–water partition coefficient (Wildman–Crippen LogP) is 4.49. The number of nitrogens with zero attached hydrogens (tertiary/aromatic N) is 2. The predicted molar refractivity (Wildman–Crippen MR) is 94.4 cm³/mol. The summed E-state index contributed by atoms with van der Waals surface area (Å²) in [6.07, 6.45) is 6.60. The fraction of sp³-hybridized carbons (Fsp3) is 0.316. The van der Waals surface area contributed by atoms with Crippen LogP contribution in [0.4, 0.5) is 0 Å². The minimum atomic E-state index is -0.247. The van der Waals surface area contributed by atoms with Gasteiger partial charge in [0.25, 0.3) is 0 Å². The lowest BCUT2D eigenvalue weighted by Crippen LogP contribution is -2.21. The van der Waals surface area contributed by atoms with E-state index in [1.54, 1.807) is 23.6 Å². The second-order valence-corrected chi connectivity index (χ2v) is 7.42. The van der Waals surface area contributed by atoms with Crippen LogP contribution in [0.2, 0.25) is 0 Å². The number of pyridine rings is 1. The Balaban J connectivity index is 1.53. The van der Waals surface area contributed by atoms with E-state index in [1.807, 2.05) is 31.3 Å². The van der Waals surface area contributed by atoms with E-state index in [9.17, 15) is 4.79 Å². The molecule has 24 heavy (non-hydrogen) atoms. The van der Waals surface area contributed by atoms with E-state index in [0.717, 1.165) is 40.1 Å². The Morgan fingerprint density at radius 2 is 2.21 bits per heavy atom. The van der Waals surface area contributed by atoms with Gasteiger partial charge in [-0.3, -0.25) is 4.98 Å². The summed E-state index contributed by atoms with van der Waals surface area (Å²) in [6, 6.07) is 9.58. The minimum absolute atomic E-state index is 0.0689. The molecular weight excluding hydrogens is 320 g/mol. The number of carbonyl (C=O) groups excluding carboxylic acids is 1. The van der Waals surface area contributed by atoms with Gasteiger partial charge in [-0.2, -0.15) is 0 Å². The molecule has 4 rings (SSSR count). The average Bonchev–Trinajstić information content (AvgIpc) is 3.20. The average molecular weight is 338 g/mol. The SMILES string of the molecule is Cc1nc2ccc(C(=O)OC3CCCC3c3cccnc3)cc2s1. The van der Waals surface area contributed by atoms with Crippen molar-refractivity contribution in [2.45, 2.75) is 38.2 Å². The van der Waals surface area contributed by atoms with Crippen molar-refractivity contribution < 1.29 is 9.53 Å². The lowest BCUT2D eigenvalue weighted by atomic mass is 9.97. The number of benzene rings is 1. The molecule has 1 aliphatic rings. The summed E-state index contributed by atoms with van der Waals surface area (Å²) in [5, 5.41) is 1.00. The maximum atomic E-state index is 12.6. The third kappa shape index (κ3) is 2.91. The number of hydrogen-bond donors (Lipinski definition) is 0. The highest BCUT2D eigenvalue weighted by Crippen LogP contribution is 2.36. The Morgan fingerprint density at radius 1 is 1.29 bits per heavy atom. The van der Waals surface area contributed by atoms with E-state index in [-0.39, 0.29) is 18.0 Å². The zero-order valence-electron chi connectivity index (χ0n) is 13.4. The Morgan fingerprint density at radius 3 is 3.04 bits per heavy atom. The Labute approximate surface area is 144 Å². The normalized spacial score (nSPS) is 20.4. The number of aryl methyl sites for hydroxylation is 1. The van der Waals surface area contributed by atoms with Gasteiger partial charge in [-0.1, -0.05) is 6.07 Å². The molecule has 2 atom stereocenters. The van der Waals surface area contributed by atoms with Crippen LogP contribution < -0.4 is 0 Å². The highest BCUT2D eigenvalue weighted by Gasteiger charge is 2.32. The van der Waals surface area contributed by atoms with Gasteiger partial charge in [0.05, 0.1) is 20.8 Å². The number of carbonyl (C=O) groups is 1. The molecule has 0 radical (unpaired) electrons. The highest BCUT2D eigenvalue weighted by atomic mass is 32.1. The summed E-state index contributed by atoms with van der Waals surface area (Å²) in [5.74, 6) is 0.000716. The number of esters is 1. The van der Waals surface area contributed by atoms with Crippen LogP contribution in [0.3, 0.4) is 0 Å². The molecule has 5 heteroatoms. The van der Waals surface area contributed by atoms with Gasteiger partial charge in [-0.05, 0) is 56.0 Å². The minimum Gasteiger partial charge on any atom is -0.458 e. The van der Waals surface area contributed by atoms with Crippen LogP contribution in [0.5, 0.6) is 0 Å². The van der Waals surface area contributed by atoms with E-state index in [4.69, 9.17) is 4.74 Å². The number of fused-ring (bicyclic) bond motifs is 1. The molecule has 0 aliphatic heterocycles. The molecule has 0 saturated heterocycles. The van der Waals surface area contributed by atoms with Gasteiger partial charge < -0.3 is 4.74 Å². The van der Waals surface area contributed by atoms with Crippen molar-refractivity contribution >= 4 is 27.5 Å². The van der Waals surface area contributed by atoms with Gasteiger partial charge in [0.1, 0.15) is 6.10 Å². The van der Waals surface area contributed by atoms with Gasteiger partial charge in [0.2, 0.25) is 0 Å². The molecule has 0 N–H and O–H groups in total. The maximum absolute atomic E-state index is 12.6. The Kier molecular flexibility index (Phi) is 4.02. The first-order valence-corrected chi connectivity index (χ1v) is 9.00. The van der Waals surface area contributed by atoms with Crippen LogP contribution in [0.25, 0.3) is 10.2 Å². The van der Waals surface area contributed by atoms with Crippen molar-refractivity contribution in [3.8, 4) is 0 Å². The quantitative estimate of drug-likeness (QED) is 0.660. The van der Waals surface area contributed by atoms with E-state index in [2.05, 4.69) is 16.0 Å². The third-order valence-electron chi connectivity index (χ3n) is 4.55. The number of thiazole rings is 1. The molecule has 1 saturated carbocycles. The second kappa shape index (κ2) is 6.32. The molecule has 1 fully saturated rings. The van der Waals surface area contributed by atoms with Crippen LogP contribution in [-0.2, 0) is 4.74 Å². The second-order valence-electron chi connectivity index (χ2n) is 6.18. The molecular formula is C19H18N2O2S. The molecule has 122 valence electrons. The third-order valence-corrected chi connectivity index (χ3v) is 5.49. The number of aromatic nitrogens is 2. The first-order chi connectivity index (χ1) is 11.7. The fourth-order valence-electron chi connectivity index (χ4n) is 3.42. The monoisotopic (exact) mass is 338 g/mol. The van der Waals surface area contributed by atoms with Crippen LogP contribution in [-0.4, -0.2) is 22.0 Å². The van der Waals surface area contributed by atoms with Crippen LogP contribution in [0, 0.1) is 6.92 Å². The highest BCUT2D eigenvalue weighted by molar-refractivity contribution is 7.18. The molecule has 0 spiro atoms. The van der Waals surface area contributed by atoms with Gasteiger partial charge in [0, 0.05) is 18.3 Å². The molecule has 2 aromatic heterocycles. The van der Waals surface area contributed by atoms with E-state index in [1.165, 1.54) is 0 Å². The standard InChI is InChI=1S/C19H18N2O2S/c1-12-21-16-8-7-13(10-18(16)24-12)19(22)23-17-6-2-5-15(17)14-4-3-9-20-11-14/h3-4,7-11,15,17H,2,5-6H2,1H3. The van der Waals surface area contributed by atoms with Crippen molar-refractivity contribution in [3.63, 3.8) is 0 Å². The molecule has 0 bridgehead atoms. The largest absolute Gasteiger partial charge is 0.458 e. The number of hydrogen-bond acceptors (Lipinski definition) is 5. The molecule has 1 aliphatic carbocycles. The lowest BCUT2D eigenvalue weighted by molar-refractivity contribution is 0.0279. The molecule has 3 aromatic rings. The topological polar surface area (TPSA) is 52.1 Å². The molecule has 0 amide bonds. The van der Waals surface area contributed by atoms with Crippen molar-refractivity contribution in [3.05, 3.63) is 58.9 Å². The summed E-state index contributed by atoms with van der Waals surface area (Å²) in [5.41, 5.74) is 2.69. The number of rotatable bonds is 3. The molecule has 2 heterocycles. The van der Waals surface area contributed by atoms with Crippen LogP contribution >= 0.6 is 11.3 Å². The van der Waals surface area contributed by atoms with Gasteiger partial charge in [-0.15, -0.1) is 11.3 Å². The van der Waals surface area contributed by atoms with E-state index in [0.29, 0.717) is 5.56 Å². The van der Waals surface area contributed by atoms with Crippen LogP contribution in [0.15, 0.2) is 42.7 Å². The smallest absolute Gasteiger partial charge is 0.338 e. The lowest BCUT2D eigenvalue weighted by Gasteiger charge is -2.20. The zero-order chi connectivity index (χ0) is 16.5. The first kappa shape index (κ1) is 15.3. The Hall–Kier alpha value is -2.27. The van der Waals surface area contributed by atoms with Crippen molar-refractivity contribution in [2.75, 3.05) is 0 Å². The zero-order valence-corrected chi connectivity index (χ0v) is 14.3. The first-order valence-electron chi connectivity index (χ1n) is 8.19.